The van der Waals surface area contributed by atoms with Crippen molar-refractivity contribution in [2.24, 2.45) is 0 Å². The number of amides is 1. The van der Waals surface area contributed by atoms with Crippen LogP contribution in [-0.2, 0) is 0 Å². The number of rotatable bonds is 5. The zero-order valence-corrected chi connectivity index (χ0v) is 17.2. The molecule has 32 heavy (non-hydrogen) atoms. The highest BCUT2D eigenvalue weighted by Crippen LogP contribution is 2.29. The Morgan fingerprint density at radius 2 is 1.81 bits per heavy atom. The topological polar surface area (TPSA) is 116 Å². The van der Waals surface area contributed by atoms with Crippen molar-refractivity contribution in [1.29, 1.82) is 0 Å². The molecule has 0 saturated heterocycles. The van der Waals surface area contributed by atoms with Crippen molar-refractivity contribution < 1.29 is 14.5 Å². The van der Waals surface area contributed by atoms with E-state index in [0.29, 0.717) is 33.7 Å². The Kier molecular flexibility index (Phi) is 5.38. The van der Waals surface area contributed by atoms with Crippen molar-refractivity contribution in [3.8, 4) is 11.4 Å². The minimum absolute atomic E-state index is 0.171. The number of carbonyl (C=O) groups is 1. The van der Waals surface area contributed by atoms with E-state index in [1.807, 2.05) is 6.07 Å². The van der Waals surface area contributed by atoms with Crippen LogP contribution in [0.15, 0.2) is 71.5 Å². The lowest BCUT2D eigenvalue weighted by atomic mass is 10.1. The number of nitro benzene ring substituents is 1. The van der Waals surface area contributed by atoms with Crippen LogP contribution < -0.4 is 15.6 Å². The molecule has 0 unspecified atom stereocenters. The van der Waals surface area contributed by atoms with Gasteiger partial charge in [0.05, 0.1) is 34.3 Å². The highest BCUT2D eigenvalue weighted by atomic mass is 16.6. The van der Waals surface area contributed by atoms with E-state index in [9.17, 15) is 19.7 Å². The number of fused-ring (bicyclic) bond motifs is 1. The van der Waals surface area contributed by atoms with Crippen molar-refractivity contribution in [2.45, 2.75) is 6.92 Å². The van der Waals surface area contributed by atoms with Crippen LogP contribution in [0.3, 0.4) is 0 Å². The van der Waals surface area contributed by atoms with Crippen molar-refractivity contribution in [2.75, 3.05) is 12.4 Å². The number of hydrogen-bond acceptors (Lipinski definition) is 6. The Morgan fingerprint density at radius 1 is 1.09 bits per heavy atom. The molecule has 0 bridgehead atoms. The molecule has 1 amide bonds. The molecule has 0 spiro atoms. The maximum atomic E-state index is 12.9. The van der Waals surface area contributed by atoms with Gasteiger partial charge in [0, 0.05) is 17.7 Å². The summed E-state index contributed by atoms with van der Waals surface area (Å²) in [7, 11) is 1.41. The zero-order valence-electron chi connectivity index (χ0n) is 17.2. The molecule has 1 aromatic heterocycles. The second-order valence-electron chi connectivity index (χ2n) is 6.96. The third-order valence-corrected chi connectivity index (χ3v) is 4.97. The number of ether oxygens (including phenoxy) is 1. The third kappa shape index (κ3) is 3.79. The van der Waals surface area contributed by atoms with Crippen molar-refractivity contribution in [3.05, 3.63) is 98.6 Å². The lowest BCUT2D eigenvalue weighted by Crippen LogP contribution is -2.22. The maximum Gasteiger partial charge on any atom is 0.271 e. The summed E-state index contributed by atoms with van der Waals surface area (Å²) in [5.74, 6) is 0.341. The molecule has 0 aliphatic carbocycles. The van der Waals surface area contributed by atoms with E-state index < -0.39 is 10.8 Å². The summed E-state index contributed by atoms with van der Waals surface area (Å²) in [4.78, 5) is 40.6. The van der Waals surface area contributed by atoms with Crippen LogP contribution in [0, 0.1) is 17.0 Å². The predicted octanol–water partition coefficient (Wildman–Crippen LogP) is 3.86. The Balaban J connectivity index is 1.65. The largest absolute Gasteiger partial charge is 0.495 e. The normalized spacial score (nSPS) is 10.7. The van der Waals surface area contributed by atoms with Crippen LogP contribution in [0.5, 0.6) is 5.75 Å². The minimum Gasteiger partial charge on any atom is -0.495 e. The molecule has 0 saturated carbocycles. The minimum atomic E-state index is -0.554. The van der Waals surface area contributed by atoms with Crippen LogP contribution in [0.2, 0.25) is 0 Å². The molecule has 0 aliphatic heterocycles. The number of carbonyl (C=O) groups excluding carboxylic acids is 1. The van der Waals surface area contributed by atoms with Gasteiger partial charge in [-0.3, -0.25) is 24.3 Å². The molecular formula is C23H18N4O5. The number of nitrogens with one attached hydrogen (secondary N) is 1. The van der Waals surface area contributed by atoms with Gasteiger partial charge in [0.25, 0.3) is 17.2 Å². The number of nitro groups is 1. The van der Waals surface area contributed by atoms with Gasteiger partial charge in [0.2, 0.25) is 0 Å². The summed E-state index contributed by atoms with van der Waals surface area (Å²) < 4.78 is 6.65. The fraction of sp³-hybridized carbons (Fsp3) is 0.0870. The number of anilines is 1. The summed E-state index contributed by atoms with van der Waals surface area (Å²) in [5, 5.41) is 14.2. The number of hydrogen-bond donors (Lipinski definition) is 1. The lowest BCUT2D eigenvalue weighted by Gasteiger charge is -2.12. The van der Waals surface area contributed by atoms with Crippen LogP contribution >= 0.6 is 0 Å². The SMILES string of the molecule is COc1ccc([N+](=O)[O-])cc1NC(=O)c1ccc(-n2c(C)nc3ccccc3c2=O)cc1. The van der Waals surface area contributed by atoms with Gasteiger partial charge in [-0.05, 0) is 49.4 Å². The summed E-state index contributed by atoms with van der Waals surface area (Å²) in [5.41, 5.74) is 1.30. The number of benzene rings is 3. The Labute approximate surface area is 182 Å². The Hall–Kier alpha value is -4.53. The average molecular weight is 430 g/mol. The third-order valence-electron chi connectivity index (χ3n) is 4.97. The van der Waals surface area contributed by atoms with E-state index in [-0.39, 0.29) is 16.9 Å². The Bertz CT molecular complexity index is 1410. The molecule has 3 aromatic carbocycles. The van der Waals surface area contributed by atoms with Crippen molar-refractivity contribution in [3.63, 3.8) is 0 Å². The Morgan fingerprint density at radius 3 is 2.50 bits per heavy atom. The fourth-order valence-corrected chi connectivity index (χ4v) is 3.41. The van der Waals surface area contributed by atoms with Gasteiger partial charge in [-0.1, -0.05) is 12.1 Å². The number of nitrogens with zero attached hydrogens (tertiary/aromatic N) is 3. The molecule has 4 rings (SSSR count). The zero-order chi connectivity index (χ0) is 22.8. The number of aryl methyl sites for hydroxylation is 1. The van der Waals surface area contributed by atoms with Crippen LogP contribution in [-0.4, -0.2) is 27.5 Å². The molecule has 160 valence electrons. The van der Waals surface area contributed by atoms with E-state index in [1.54, 1.807) is 49.4 Å². The second kappa shape index (κ2) is 8.31. The number of aromatic nitrogens is 2. The number of non-ortho nitro benzene ring substituents is 1. The molecule has 1 heterocycles. The first-order valence-electron chi connectivity index (χ1n) is 9.61. The molecule has 0 radical (unpaired) electrons. The van der Waals surface area contributed by atoms with Crippen molar-refractivity contribution >= 4 is 28.2 Å². The van der Waals surface area contributed by atoms with Gasteiger partial charge in [0.1, 0.15) is 11.6 Å². The van der Waals surface area contributed by atoms with Gasteiger partial charge in [-0.2, -0.15) is 0 Å². The molecule has 0 fully saturated rings. The first-order chi connectivity index (χ1) is 15.4. The van der Waals surface area contributed by atoms with Crippen LogP contribution in [0.1, 0.15) is 16.2 Å². The highest BCUT2D eigenvalue weighted by molar-refractivity contribution is 6.05. The highest BCUT2D eigenvalue weighted by Gasteiger charge is 2.15. The van der Waals surface area contributed by atoms with E-state index in [1.165, 1.54) is 29.9 Å². The first-order valence-corrected chi connectivity index (χ1v) is 9.61. The van der Waals surface area contributed by atoms with E-state index >= 15 is 0 Å². The first kappa shape index (κ1) is 20.7. The quantitative estimate of drug-likeness (QED) is 0.380. The van der Waals surface area contributed by atoms with Gasteiger partial charge >= 0.3 is 0 Å². The van der Waals surface area contributed by atoms with Crippen LogP contribution in [0.25, 0.3) is 16.6 Å². The average Bonchev–Trinajstić information content (AvgIpc) is 2.79. The monoisotopic (exact) mass is 430 g/mol. The molecule has 4 aromatic rings. The van der Waals surface area contributed by atoms with E-state index in [2.05, 4.69) is 10.3 Å². The second-order valence-corrected chi connectivity index (χ2v) is 6.96. The van der Waals surface area contributed by atoms with Gasteiger partial charge < -0.3 is 10.1 Å². The molecule has 9 heteroatoms. The maximum absolute atomic E-state index is 12.9. The number of para-hydroxylation sites is 1. The summed E-state index contributed by atoms with van der Waals surface area (Å²) in [6.45, 7) is 1.74. The molecular weight excluding hydrogens is 412 g/mol. The summed E-state index contributed by atoms with van der Waals surface area (Å²) in [6, 6.07) is 17.5. The standard InChI is InChI=1S/C23H18N4O5/c1-14-24-19-6-4-3-5-18(19)23(29)26(14)16-9-7-15(8-10-16)22(28)25-20-13-17(27(30)31)11-12-21(20)32-2/h3-13H,1-2H3,(H,25,28). The number of methoxy groups -OCH3 is 1. The van der Waals surface area contributed by atoms with E-state index in [4.69, 9.17) is 4.74 Å². The summed E-state index contributed by atoms with van der Waals surface area (Å²) in [6.07, 6.45) is 0. The fourth-order valence-electron chi connectivity index (χ4n) is 3.41. The van der Waals surface area contributed by atoms with Crippen molar-refractivity contribution in [1.82, 2.24) is 9.55 Å². The molecule has 0 aliphatic rings. The van der Waals surface area contributed by atoms with Gasteiger partial charge in [0.15, 0.2) is 0 Å². The predicted molar refractivity (Wildman–Crippen MR) is 120 cm³/mol. The molecule has 0 atom stereocenters. The molecule has 9 nitrogen and oxygen atoms in total. The summed E-state index contributed by atoms with van der Waals surface area (Å²) >= 11 is 0. The van der Waals surface area contributed by atoms with Gasteiger partial charge in [-0.25, -0.2) is 4.98 Å². The smallest absolute Gasteiger partial charge is 0.271 e. The van der Waals surface area contributed by atoms with Gasteiger partial charge in [-0.15, -0.1) is 0 Å². The lowest BCUT2D eigenvalue weighted by molar-refractivity contribution is -0.384. The van der Waals surface area contributed by atoms with E-state index in [0.717, 1.165) is 0 Å². The molecule has 1 N–H and O–H groups in total. The van der Waals surface area contributed by atoms with Crippen LogP contribution in [0.4, 0.5) is 11.4 Å².